The predicted octanol–water partition coefficient (Wildman–Crippen LogP) is 2.75. The summed E-state index contributed by atoms with van der Waals surface area (Å²) in [6.45, 7) is 1.22. The van der Waals surface area contributed by atoms with Crippen molar-refractivity contribution >= 4 is 35.3 Å². The van der Waals surface area contributed by atoms with Gasteiger partial charge in [-0.25, -0.2) is 18.4 Å². The molecule has 1 saturated heterocycles. The molecule has 1 aliphatic heterocycles. The van der Waals surface area contributed by atoms with E-state index in [1.807, 2.05) is 0 Å². The molecule has 0 aromatic heterocycles. The smallest absolute Gasteiger partial charge is 0.411 e. The van der Waals surface area contributed by atoms with E-state index in [0.29, 0.717) is 13.1 Å². The highest BCUT2D eigenvalue weighted by atomic mass is 32.2. The molecule has 0 unspecified atom stereocenters. The first-order valence-electron chi connectivity index (χ1n) is 8.08. The molecular formula is C16H21F2N3O4S. The maximum Gasteiger partial charge on any atom is 0.411 e. The number of carbonyl (C=O) groups is 2. The van der Waals surface area contributed by atoms with E-state index in [2.05, 4.69) is 10.1 Å². The normalized spacial score (nSPS) is 14.0. The van der Waals surface area contributed by atoms with Crippen LogP contribution in [0.5, 0.6) is 0 Å². The molecule has 1 fully saturated rings. The fourth-order valence-corrected chi connectivity index (χ4v) is 3.54. The Kier molecular flexibility index (Phi) is 7.31. The Morgan fingerprint density at radius 3 is 2.46 bits per heavy atom. The van der Waals surface area contributed by atoms with E-state index in [1.165, 1.54) is 7.11 Å². The van der Waals surface area contributed by atoms with Gasteiger partial charge in [0.1, 0.15) is 5.69 Å². The standard InChI is InChI=1S/C16H21F2N3O4S/c1-25-15(22)19-3-2-4-21(16(23)24)11-9-12(17)14(13(18)10-11)20-5-7-26-8-6-20/h9-10H,2-8H2,1H3,(H,19,22)(H,23,24). The van der Waals surface area contributed by atoms with Crippen molar-refractivity contribution in [3.8, 4) is 0 Å². The lowest BCUT2D eigenvalue weighted by Crippen LogP contribution is -2.35. The summed E-state index contributed by atoms with van der Waals surface area (Å²) in [6, 6.07) is 2.06. The largest absolute Gasteiger partial charge is 0.465 e. The van der Waals surface area contributed by atoms with E-state index >= 15 is 0 Å². The third-order valence-corrected chi connectivity index (χ3v) is 4.83. The molecule has 0 spiro atoms. The van der Waals surface area contributed by atoms with Crippen LogP contribution < -0.4 is 15.1 Å². The van der Waals surface area contributed by atoms with Gasteiger partial charge in [0.25, 0.3) is 0 Å². The number of anilines is 2. The van der Waals surface area contributed by atoms with Gasteiger partial charge < -0.3 is 20.1 Å². The number of halogens is 2. The highest BCUT2D eigenvalue weighted by Crippen LogP contribution is 2.30. The zero-order chi connectivity index (χ0) is 19.1. The topological polar surface area (TPSA) is 82.1 Å². The summed E-state index contributed by atoms with van der Waals surface area (Å²) in [4.78, 5) is 24.9. The van der Waals surface area contributed by atoms with Crippen molar-refractivity contribution in [2.24, 2.45) is 0 Å². The van der Waals surface area contributed by atoms with E-state index in [1.54, 1.807) is 16.7 Å². The van der Waals surface area contributed by atoms with Crippen LogP contribution in [-0.2, 0) is 4.74 Å². The third kappa shape index (κ3) is 5.13. The van der Waals surface area contributed by atoms with Crippen LogP contribution in [0.2, 0.25) is 0 Å². The Balaban J connectivity index is 2.10. The minimum absolute atomic E-state index is 0.0299. The number of rotatable bonds is 6. The number of thioether (sulfide) groups is 1. The lowest BCUT2D eigenvalue weighted by atomic mass is 10.2. The van der Waals surface area contributed by atoms with Gasteiger partial charge in [0, 0.05) is 49.8 Å². The third-order valence-electron chi connectivity index (χ3n) is 3.88. The quantitative estimate of drug-likeness (QED) is 0.728. The first-order chi connectivity index (χ1) is 12.4. The first-order valence-corrected chi connectivity index (χ1v) is 9.23. The second kappa shape index (κ2) is 9.46. The van der Waals surface area contributed by atoms with Crippen molar-refractivity contribution < 1.29 is 28.2 Å². The fourth-order valence-electron chi connectivity index (χ4n) is 2.63. The van der Waals surface area contributed by atoms with Crippen LogP contribution >= 0.6 is 11.8 Å². The van der Waals surface area contributed by atoms with Crippen LogP contribution in [0.15, 0.2) is 12.1 Å². The first kappa shape index (κ1) is 20.1. The van der Waals surface area contributed by atoms with Gasteiger partial charge in [0.15, 0.2) is 11.6 Å². The Morgan fingerprint density at radius 1 is 1.31 bits per heavy atom. The summed E-state index contributed by atoms with van der Waals surface area (Å²) in [6.07, 6.45) is -1.70. The molecule has 144 valence electrons. The summed E-state index contributed by atoms with van der Waals surface area (Å²) < 4.78 is 33.4. The van der Waals surface area contributed by atoms with E-state index < -0.39 is 23.8 Å². The number of hydrogen-bond acceptors (Lipinski definition) is 5. The molecule has 1 aromatic rings. The summed E-state index contributed by atoms with van der Waals surface area (Å²) in [7, 11) is 1.22. The molecule has 0 saturated carbocycles. The molecule has 0 bridgehead atoms. The van der Waals surface area contributed by atoms with E-state index in [9.17, 15) is 23.5 Å². The van der Waals surface area contributed by atoms with E-state index in [-0.39, 0.29) is 30.9 Å². The fraction of sp³-hybridized carbons (Fsp3) is 0.500. The average molecular weight is 389 g/mol. The predicted molar refractivity (Wildman–Crippen MR) is 96.3 cm³/mol. The van der Waals surface area contributed by atoms with Crippen LogP contribution in [-0.4, -0.2) is 62.1 Å². The maximum atomic E-state index is 14.5. The molecule has 0 aliphatic carbocycles. The molecular weight excluding hydrogens is 368 g/mol. The molecule has 1 heterocycles. The van der Waals surface area contributed by atoms with Crippen molar-refractivity contribution in [1.29, 1.82) is 0 Å². The Morgan fingerprint density at radius 2 is 1.92 bits per heavy atom. The number of carbonyl (C=O) groups excluding carboxylic acids is 1. The van der Waals surface area contributed by atoms with Crippen molar-refractivity contribution in [2.45, 2.75) is 6.42 Å². The second-order valence-electron chi connectivity index (χ2n) is 5.56. The van der Waals surface area contributed by atoms with Crippen molar-refractivity contribution in [3.63, 3.8) is 0 Å². The van der Waals surface area contributed by atoms with Crippen molar-refractivity contribution in [3.05, 3.63) is 23.8 Å². The van der Waals surface area contributed by atoms with Crippen LogP contribution in [0, 0.1) is 11.6 Å². The number of benzene rings is 1. The number of nitrogens with one attached hydrogen (secondary N) is 1. The van der Waals surface area contributed by atoms with Gasteiger partial charge in [-0.1, -0.05) is 0 Å². The van der Waals surface area contributed by atoms with Gasteiger partial charge in [-0.15, -0.1) is 0 Å². The van der Waals surface area contributed by atoms with E-state index in [4.69, 9.17) is 0 Å². The minimum atomic E-state index is -1.33. The van der Waals surface area contributed by atoms with E-state index in [0.717, 1.165) is 28.5 Å². The van der Waals surface area contributed by atoms with Crippen LogP contribution in [0.25, 0.3) is 0 Å². The molecule has 0 radical (unpaired) electrons. The SMILES string of the molecule is COC(=O)NCCCN(C(=O)O)c1cc(F)c(N2CCSCC2)c(F)c1. The molecule has 26 heavy (non-hydrogen) atoms. The Labute approximate surface area is 154 Å². The Hall–Kier alpha value is -2.23. The molecule has 1 aromatic carbocycles. The highest BCUT2D eigenvalue weighted by molar-refractivity contribution is 7.99. The molecule has 7 nitrogen and oxygen atoms in total. The Bertz CT molecular complexity index is 633. The van der Waals surface area contributed by atoms with Crippen molar-refractivity contribution in [1.82, 2.24) is 5.32 Å². The van der Waals surface area contributed by atoms with Crippen LogP contribution in [0.3, 0.4) is 0 Å². The van der Waals surface area contributed by atoms with Gasteiger partial charge in [0.05, 0.1) is 12.8 Å². The summed E-state index contributed by atoms with van der Waals surface area (Å²) in [5.74, 6) is 0.00104. The van der Waals surface area contributed by atoms with Gasteiger partial charge in [-0.05, 0) is 6.42 Å². The molecule has 10 heteroatoms. The number of hydrogen-bond donors (Lipinski definition) is 2. The molecule has 2 rings (SSSR count). The number of amides is 2. The maximum absolute atomic E-state index is 14.5. The average Bonchev–Trinajstić information content (AvgIpc) is 2.61. The molecule has 0 atom stereocenters. The molecule has 1 aliphatic rings. The van der Waals surface area contributed by atoms with Gasteiger partial charge in [-0.3, -0.25) is 4.90 Å². The number of nitrogens with zero attached hydrogens (tertiary/aromatic N) is 2. The summed E-state index contributed by atoms with van der Waals surface area (Å²) >= 11 is 1.72. The number of carboxylic acid groups (broad SMARTS) is 1. The lowest BCUT2D eigenvalue weighted by Gasteiger charge is -2.30. The highest BCUT2D eigenvalue weighted by Gasteiger charge is 2.23. The minimum Gasteiger partial charge on any atom is -0.465 e. The van der Waals surface area contributed by atoms with Gasteiger partial charge in [-0.2, -0.15) is 11.8 Å². The van der Waals surface area contributed by atoms with Crippen LogP contribution in [0.4, 0.5) is 29.7 Å². The number of ether oxygens (including phenoxy) is 1. The monoisotopic (exact) mass is 389 g/mol. The summed E-state index contributed by atoms with van der Waals surface area (Å²) in [5.41, 5.74) is -0.201. The molecule has 2 N–H and O–H groups in total. The number of methoxy groups -OCH3 is 1. The van der Waals surface area contributed by atoms with Crippen molar-refractivity contribution in [2.75, 3.05) is 54.6 Å². The number of alkyl carbamates (subject to hydrolysis) is 1. The van der Waals surface area contributed by atoms with Gasteiger partial charge in [0.2, 0.25) is 0 Å². The lowest BCUT2D eigenvalue weighted by molar-refractivity contribution is 0.171. The molecule has 2 amide bonds. The zero-order valence-electron chi connectivity index (χ0n) is 14.3. The summed E-state index contributed by atoms with van der Waals surface area (Å²) in [5, 5.41) is 11.8. The second-order valence-corrected chi connectivity index (χ2v) is 6.79. The zero-order valence-corrected chi connectivity index (χ0v) is 15.2. The van der Waals surface area contributed by atoms with Gasteiger partial charge >= 0.3 is 12.2 Å². The van der Waals surface area contributed by atoms with Crippen LogP contribution in [0.1, 0.15) is 6.42 Å².